The molecule has 3 aromatic heterocycles. The van der Waals surface area contributed by atoms with Crippen molar-refractivity contribution in [3.63, 3.8) is 0 Å². The van der Waals surface area contributed by atoms with Gasteiger partial charge >= 0.3 is 6.18 Å². The average molecular weight is 421 g/mol. The number of piperidine rings is 1. The summed E-state index contributed by atoms with van der Waals surface area (Å²) in [4.78, 5) is 23.2. The molecule has 1 fully saturated rings. The van der Waals surface area contributed by atoms with E-state index in [0.717, 1.165) is 6.07 Å². The maximum Gasteiger partial charge on any atom is 0.433 e. The number of amides is 1. The molecule has 0 aromatic carbocycles. The molecule has 4 rings (SSSR count). The number of alkyl halides is 3. The monoisotopic (exact) mass is 421 g/mol. The number of aromatic nitrogens is 4. The van der Waals surface area contributed by atoms with E-state index in [-0.39, 0.29) is 29.9 Å². The Kier molecular flexibility index (Phi) is 5.12. The maximum atomic E-state index is 13.4. The van der Waals surface area contributed by atoms with Crippen LogP contribution in [0.1, 0.15) is 40.8 Å². The lowest BCUT2D eigenvalue weighted by Crippen LogP contribution is -2.40. The third-order valence-corrected chi connectivity index (χ3v) is 5.71. The quantitative estimate of drug-likeness (QED) is 0.642. The number of halogens is 3. The first kappa shape index (κ1) is 19.6. The van der Waals surface area contributed by atoms with E-state index in [4.69, 9.17) is 0 Å². The summed E-state index contributed by atoms with van der Waals surface area (Å²) in [6.45, 7) is 0.795. The molecule has 0 spiro atoms. The lowest BCUT2D eigenvalue weighted by atomic mass is 9.96. The van der Waals surface area contributed by atoms with Crippen molar-refractivity contribution in [2.75, 3.05) is 13.1 Å². The summed E-state index contributed by atoms with van der Waals surface area (Å²) in [5, 5.41) is 5.91. The van der Waals surface area contributed by atoms with Gasteiger partial charge in [-0.3, -0.25) is 9.48 Å². The van der Waals surface area contributed by atoms with Crippen molar-refractivity contribution >= 4 is 17.2 Å². The van der Waals surface area contributed by atoms with E-state index >= 15 is 0 Å². The van der Waals surface area contributed by atoms with Gasteiger partial charge in [0.15, 0.2) is 0 Å². The van der Waals surface area contributed by atoms with Crippen LogP contribution in [-0.4, -0.2) is 43.6 Å². The number of likely N-dealkylation sites (tertiary alicyclic amines) is 1. The van der Waals surface area contributed by atoms with Gasteiger partial charge in [0.05, 0.1) is 10.6 Å². The number of carbonyl (C=O) groups excluding carboxylic acids is 1. The third kappa shape index (κ3) is 4.16. The van der Waals surface area contributed by atoms with Crippen LogP contribution in [0.4, 0.5) is 13.2 Å². The molecule has 1 amide bonds. The number of carbonyl (C=O) groups is 1. The topological polar surface area (TPSA) is 63.9 Å². The van der Waals surface area contributed by atoms with Crippen LogP contribution in [0.15, 0.2) is 35.8 Å². The second kappa shape index (κ2) is 7.58. The Bertz CT molecular complexity index is 1020. The van der Waals surface area contributed by atoms with Crippen LogP contribution in [-0.2, 0) is 13.2 Å². The van der Waals surface area contributed by atoms with E-state index < -0.39 is 11.9 Å². The second-order valence-electron chi connectivity index (χ2n) is 6.94. The highest BCUT2D eigenvalue weighted by atomic mass is 32.1. The molecule has 1 atom stereocenters. The van der Waals surface area contributed by atoms with Crippen molar-refractivity contribution in [3.8, 4) is 10.6 Å². The molecule has 10 heteroatoms. The molecule has 0 N–H and O–H groups in total. The molecule has 1 aliphatic rings. The fourth-order valence-electron chi connectivity index (χ4n) is 3.41. The van der Waals surface area contributed by atoms with E-state index in [1.807, 2.05) is 0 Å². The minimum absolute atomic E-state index is 0.127. The zero-order chi connectivity index (χ0) is 20.6. The minimum Gasteiger partial charge on any atom is -0.337 e. The van der Waals surface area contributed by atoms with Gasteiger partial charge in [-0.1, -0.05) is 6.07 Å². The van der Waals surface area contributed by atoms with Gasteiger partial charge < -0.3 is 4.90 Å². The highest BCUT2D eigenvalue weighted by Crippen LogP contribution is 2.34. The van der Waals surface area contributed by atoms with Gasteiger partial charge in [0.1, 0.15) is 17.2 Å². The van der Waals surface area contributed by atoms with E-state index in [0.29, 0.717) is 30.0 Å². The SMILES string of the molecule is Cn1ccc(C(=O)N2CCC[C@@H](c3nc(-c4cccs4)cc(C(F)(F)F)n3)C2)n1. The standard InChI is InChI=1S/C19H18F3N5OS/c1-26-8-6-13(25-26)18(28)27-7-2-4-12(11-27)17-23-14(15-5-3-9-29-15)10-16(24-17)19(20,21)22/h3,5-6,8-10,12H,2,4,7,11H2,1H3/t12-/m1/s1. The smallest absolute Gasteiger partial charge is 0.337 e. The molecule has 0 unspecified atom stereocenters. The number of thiophene rings is 1. The van der Waals surface area contributed by atoms with Crippen molar-refractivity contribution in [2.24, 2.45) is 7.05 Å². The number of aryl methyl sites for hydroxylation is 1. The first-order valence-electron chi connectivity index (χ1n) is 9.10. The van der Waals surface area contributed by atoms with Gasteiger partial charge in [-0.25, -0.2) is 9.97 Å². The zero-order valence-corrected chi connectivity index (χ0v) is 16.4. The summed E-state index contributed by atoms with van der Waals surface area (Å²) in [6.07, 6.45) is -1.60. The third-order valence-electron chi connectivity index (χ3n) is 4.81. The molecule has 29 heavy (non-hydrogen) atoms. The fourth-order valence-corrected chi connectivity index (χ4v) is 4.09. The lowest BCUT2D eigenvalue weighted by Gasteiger charge is -2.31. The van der Waals surface area contributed by atoms with E-state index in [1.54, 1.807) is 41.7 Å². The van der Waals surface area contributed by atoms with E-state index in [2.05, 4.69) is 15.1 Å². The molecule has 6 nitrogen and oxygen atoms in total. The predicted octanol–water partition coefficient (Wildman–Crippen LogP) is 3.98. The fraction of sp³-hybridized carbons (Fsp3) is 0.368. The first-order valence-corrected chi connectivity index (χ1v) is 9.98. The summed E-state index contributed by atoms with van der Waals surface area (Å²) in [7, 11) is 1.72. The van der Waals surface area contributed by atoms with Gasteiger partial charge in [0.25, 0.3) is 5.91 Å². The van der Waals surface area contributed by atoms with Crippen LogP contribution in [0.5, 0.6) is 0 Å². The Morgan fingerprint density at radius 1 is 1.28 bits per heavy atom. The average Bonchev–Trinajstić information content (AvgIpc) is 3.38. The van der Waals surface area contributed by atoms with Crippen LogP contribution in [0.2, 0.25) is 0 Å². The predicted molar refractivity (Wildman–Crippen MR) is 101 cm³/mol. The molecule has 3 aromatic rings. The molecular weight excluding hydrogens is 403 g/mol. The summed E-state index contributed by atoms with van der Waals surface area (Å²) in [6, 6.07) is 6.11. The van der Waals surface area contributed by atoms with Gasteiger partial charge in [0, 0.05) is 32.3 Å². The zero-order valence-electron chi connectivity index (χ0n) is 15.6. The van der Waals surface area contributed by atoms with Gasteiger partial charge in [-0.15, -0.1) is 11.3 Å². The molecule has 0 radical (unpaired) electrons. The minimum atomic E-state index is -4.57. The molecule has 0 saturated carbocycles. The molecule has 1 saturated heterocycles. The summed E-state index contributed by atoms with van der Waals surface area (Å²) in [5.41, 5.74) is -0.387. The van der Waals surface area contributed by atoms with Gasteiger partial charge in [-0.2, -0.15) is 18.3 Å². The first-order chi connectivity index (χ1) is 13.8. The van der Waals surface area contributed by atoms with Crippen molar-refractivity contribution in [1.82, 2.24) is 24.6 Å². The molecule has 0 aliphatic carbocycles. The Labute approximate surface area is 169 Å². The molecule has 0 bridgehead atoms. The number of hydrogen-bond donors (Lipinski definition) is 0. The molecule has 4 heterocycles. The van der Waals surface area contributed by atoms with Crippen LogP contribution in [0.3, 0.4) is 0 Å². The largest absolute Gasteiger partial charge is 0.433 e. The Morgan fingerprint density at radius 2 is 2.10 bits per heavy atom. The highest BCUT2D eigenvalue weighted by molar-refractivity contribution is 7.13. The number of hydrogen-bond acceptors (Lipinski definition) is 5. The van der Waals surface area contributed by atoms with Crippen LogP contribution >= 0.6 is 11.3 Å². The Morgan fingerprint density at radius 3 is 2.76 bits per heavy atom. The van der Waals surface area contributed by atoms with Crippen LogP contribution < -0.4 is 0 Å². The molecule has 1 aliphatic heterocycles. The number of nitrogens with zero attached hydrogens (tertiary/aromatic N) is 5. The normalized spacial score (nSPS) is 17.5. The summed E-state index contributed by atoms with van der Waals surface area (Å²) < 4.78 is 41.8. The summed E-state index contributed by atoms with van der Waals surface area (Å²) >= 11 is 1.32. The van der Waals surface area contributed by atoms with Crippen LogP contribution in [0, 0.1) is 0 Å². The second-order valence-corrected chi connectivity index (χ2v) is 7.88. The van der Waals surface area contributed by atoms with Crippen LogP contribution in [0.25, 0.3) is 10.6 Å². The van der Waals surface area contributed by atoms with Gasteiger partial charge in [0.2, 0.25) is 0 Å². The molecule has 152 valence electrons. The highest BCUT2D eigenvalue weighted by Gasteiger charge is 2.36. The summed E-state index contributed by atoms with van der Waals surface area (Å²) in [5.74, 6) is -0.472. The maximum absolute atomic E-state index is 13.4. The van der Waals surface area contributed by atoms with Crippen molar-refractivity contribution in [1.29, 1.82) is 0 Å². The Hall–Kier alpha value is -2.75. The van der Waals surface area contributed by atoms with E-state index in [9.17, 15) is 18.0 Å². The lowest BCUT2D eigenvalue weighted by molar-refractivity contribution is -0.141. The van der Waals surface area contributed by atoms with E-state index in [1.165, 1.54) is 16.0 Å². The van der Waals surface area contributed by atoms with Crippen molar-refractivity contribution in [3.05, 3.63) is 53.1 Å². The van der Waals surface area contributed by atoms with Crippen molar-refractivity contribution < 1.29 is 18.0 Å². The van der Waals surface area contributed by atoms with Gasteiger partial charge in [-0.05, 0) is 36.4 Å². The van der Waals surface area contributed by atoms with Crippen molar-refractivity contribution in [2.45, 2.75) is 24.9 Å². The molecular formula is C19H18F3N5OS. The Balaban J connectivity index is 1.64. The number of rotatable bonds is 3.